The molecular formula is C20H17ClN6. The first-order valence-corrected chi connectivity index (χ1v) is 9.19. The minimum atomic E-state index is 0.403. The number of benzene rings is 2. The van der Waals surface area contributed by atoms with Crippen molar-refractivity contribution in [3.63, 3.8) is 0 Å². The van der Waals surface area contributed by atoms with E-state index < -0.39 is 0 Å². The van der Waals surface area contributed by atoms with E-state index >= 15 is 0 Å². The Morgan fingerprint density at radius 1 is 1.04 bits per heavy atom. The van der Waals surface area contributed by atoms with Crippen LogP contribution in [-0.4, -0.2) is 26.2 Å². The molecule has 7 heteroatoms. The third-order valence-electron chi connectivity index (χ3n) is 4.66. The van der Waals surface area contributed by atoms with Crippen LogP contribution in [0.2, 0.25) is 5.02 Å². The largest absolute Gasteiger partial charge is 0.381 e. The molecule has 1 aliphatic carbocycles. The molecule has 1 aliphatic rings. The molecular weight excluding hydrogens is 360 g/mol. The van der Waals surface area contributed by atoms with Crippen molar-refractivity contribution in [1.82, 2.24) is 20.2 Å². The van der Waals surface area contributed by atoms with Gasteiger partial charge in [0.05, 0.1) is 28.1 Å². The summed E-state index contributed by atoms with van der Waals surface area (Å²) < 4.78 is 0. The standard InChI is InChI=1S/C20H17ClN6/c21-15-9-12(8-13-10-23-27-16(13)15)18-17(11-4-2-1-3-5-11)25-19(22)20(26-18)24-14-6-7-14/h1-5,8-10,14H,6-7H2,(H2,22,25)(H,23,27)(H,24,26). The highest BCUT2D eigenvalue weighted by atomic mass is 35.5. The number of nitrogens with one attached hydrogen (secondary N) is 2. The van der Waals surface area contributed by atoms with Gasteiger partial charge in [0.1, 0.15) is 0 Å². The van der Waals surface area contributed by atoms with E-state index in [-0.39, 0.29) is 0 Å². The fourth-order valence-electron chi connectivity index (χ4n) is 3.12. The highest BCUT2D eigenvalue weighted by molar-refractivity contribution is 6.35. The lowest BCUT2D eigenvalue weighted by Gasteiger charge is -2.14. The minimum absolute atomic E-state index is 0.403. The van der Waals surface area contributed by atoms with Gasteiger partial charge in [-0.2, -0.15) is 5.10 Å². The molecule has 0 radical (unpaired) electrons. The minimum Gasteiger partial charge on any atom is -0.381 e. The van der Waals surface area contributed by atoms with Crippen molar-refractivity contribution in [2.45, 2.75) is 18.9 Å². The van der Waals surface area contributed by atoms with Crippen LogP contribution in [0.15, 0.2) is 48.7 Å². The molecule has 0 spiro atoms. The van der Waals surface area contributed by atoms with Gasteiger partial charge in [-0.15, -0.1) is 0 Å². The van der Waals surface area contributed by atoms with Crippen LogP contribution in [-0.2, 0) is 0 Å². The van der Waals surface area contributed by atoms with E-state index in [2.05, 4.69) is 20.5 Å². The number of nitrogens with two attached hydrogens (primary N) is 1. The van der Waals surface area contributed by atoms with Crippen molar-refractivity contribution < 1.29 is 0 Å². The molecule has 0 amide bonds. The average Bonchev–Trinajstić information content (AvgIpc) is 3.37. The van der Waals surface area contributed by atoms with Crippen molar-refractivity contribution in [3.05, 3.63) is 53.7 Å². The van der Waals surface area contributed by atoms with E-state index in [1.165, 1.54) is 0 Å². The van der Waals surface area contributed by atoms with Crippen LogP contribution in [0.3, 0.4) is 0 Å². The number of rotatable bonds is 4. The van der Waals surface area contributed by atoms with Gasteiger partial charge in [-0.1, -0.05) is 41.9 Å². The van der Waals surface area contributed by atoms with Crippen LogP contribution < -0.4 is 11.1 Å². The van der Waals surface area contributed by atoms with Crippen molar-refractivity contribution >= 4 is 34.1 Å². The van der Waals surface area contributed by atoms with Crippen molar-refractivity contribution in [1.29, 1.82) is 0 Å². The number of halogens is 1. The van der Waals surface area contributed by atoms with Crippen LogP contribution >= 0.6 is 11.6 Å². The lowest BCUT2D eigenvalue weighted by atomic mass is 10.0. The second-order valence-electron chi connectivity index (χ2n) is 6.73. The zero-order valence-corrected chi connectivity index (χ0v) is 15.2. The van der Waals surface area contributed by atoms with Crippen LogP contribution in [0.25, 0.3) is 33.4 Å². The van der Waals surface area contributed by atoms with E-state index in [0.29, 0.717) is 22.7 Å². The van der Waals surface area contributed by atoms with Crippen molar-refractivity contribution in [2.75, 3.05) is 11.1 Å². The van der Waals surface area contributed by atoms with E-state index in [0.717, 1.165) is 46.3 Å². The molecule has 0 saturated heterocycles. The molecule has 0 aliphatic heterocycles. The SMILES string of the molecule is Nc1nc(-c2ccccc2)c(-c2cc(Cl)c3[nH]ncc3c2)nc1NC1CC1. The van der Waals surface area contributed by atoms with E-state index in [1.54, 1.807) is 6.20 Å². The van der Waals surface area contributed by atoms with Crippen LogP contribution in [0.1, 0.15) is 12.8 Å². The number of aromatic amines is 1. The summed E-state index contributed by atoms with van der Waals surface area (Å²) in [6, 6.07) is 14.2. The lowest BCUT2D eigenvalue weighted by Crippen LogP contribution is -2.09. The van der Waals surface area contributed by atoms with Gasteiger partial charge in [-0.25, -0.2) is 9.97 Å². The summed E-state index contributed by atoms with van der Waals surface area (Å²) in [6.07, 6.45) is 4.01. The van der Waals surface area contributed by atoms with Crippen LogP contribution in [0, 0.1) is 0 Å². The molecule has 4 aromatic rings. The van der Waals surface area contributed by atoms with Gasteiger partial charge in [0.15, 0.2) is 11.6 Å². The van der Waals surface area contributed by atoms with Gasteiger partial charge in [0.25, 0.3) is 0 Å². The van der Waals surface area contributed by atoms with Gasteiger partial charge in [0.2, 0.25) is 0 Å². The maximum absolute atomic E-state index is 6.46. The molecule has 2 heterocycles. The van der Waals surface area contributed by atoms with Crippen molar-refractivity contribution in [2.24, 2.45) is 0 Å². The molecule has 0 bridgehead atoms. The highest BCUT2D eigenvalue weighted by Crippen LogP contribution is 2.36. The monoisotopic (exact) mass is 376 g/mol. The first-order valence-electron chi connectivity index (χ1n) is 8.81. The number of aromatic nitrogens is 4. The molecule has 1 fully saturated rings. The Bertz CT molecular complexity index is 1130. The zero-order valence-electron chi connectivity index (χ0n) is 14.4. The summed E-state index contributed by atoms with van der Waals surface area (Å²) in [5, 5.41) is 11.9. The summed E-state index contributed by atoms with van der Waals surface area (Å²) in [5.74, 6) is 1.02. The molecule has 1 saturated carbocycles. The number of hydrogen-bond acceptors (Lipinski definition) is 5. The topological polar surface area (TPSA) is 92.5 Å². The third-order valence-corrected chi connectivity index (χ3v) is 4.96. The Morgan fingerprint density at radius 3 is 2.59 bits per heavy atom. The second kappa shape index (κ2) is 6.25. The number of hydrogen-bond donors (Lipinski definition) is 3. The molecule has 6 nitrogen and oxygen atoms in total. The Morgan fingerprint density at radius 2 is 1.81 bits per heavy atom. The predicted octanol–water partition coefficient (Wildman–Crippen LogP) is 4.50. The Labute approximate surface area is 160 Å². The van der Waals surface area contributed by atoms with Crippen LogP contribution in [0.4, 0.5) is 11.6 Å². The number of nitrogen functional groups attached to an aromatic ring is 1. The summed E-state index contributed by atoms with van der Waals surface area (Å²) in [7, 11) is 0. The molecule has 27 heavy (non-hydrogen) atoms. The summed E-state index contributed by atoms with van der Waals surface area (Å²) in [5.41, 5.74) is 10.3. The van der Waals surface area contributed by atoms with E-state index in [4.69, 9.17) is 22.3 Å². The van der Waals surface area contributed by atoms with Gasteiger partial charge in [-0.05, 0) is 25.0 Å². The Hall–Kier alpha value is -3.12. The first kappa shape index (κ1) is 16.1. The summed E-state index contributed by atoms with van der Waals surface area (Å²) in [4.78, 5) is 9.53. The Balaban J connectivity index is 1.74. The highest BCUT2D eigenvalue weighted by Gasteiger charge is 2.24. The van der Waals surface area contributed by atoms with Gasteiger partial charge in [0, 0.05) is 22.6 Å². The first-order chi connectivity index (χ1) is 13.2. The molecule has 2 aromatic heterocycles. The van der Waals surface area contributed by atoms with E-state index in [1.807, 2.05) is 42.5 Å². The maximum Gasteiger partial charge on any atom is 0.169 e. The number of fused-ring (bicyclic) bond motifs is 1. The quantitative estimate of drug-likeness (QED) is 0.487. The fraction of sp³-hybridized carbons (Fsp3) is 0.150. The number of H-pyrrole nitrogens is 1. The van der Waals surface area contributed by atoms with Gasteiger partial charge >= 0.3 is 0 Å². The second-order valence-corrected chi connectivity index (χ2v) is 7.14. The molecule has 5 rings (SSSR count). The maximum atomic E-state index is 6.46. The van der Waals surface area contributed by atoms with Crippen molar-refractivity contribution in [3.8, 4) is 22.5 Å². The number of nitrogens with zero attached hydrogens (tertiary/aromatic N) is 3. The molecule has 0 unspecified atom stereocenters. The molecule has 134 valence electrons. The van der Waals surface area contributed by atoms with E-state index in [9.17, 15) is 0 Å². The average molecular weight is 377 g/mol. The normalized spacial score (nSPS) is 13.8. The summed E-state index contributed by atoms with van der Waals surface area (Å²) in [6.45, 7) is 0. The Kier molecular flexibility index (Phi) is 3.72. The third kappa shape index (κ3) is 2.98. The molecule has 4 N–H and O–H groups in total. The predicted molar refractivity (Wildman–Crippen MR) is 109 cm³/mol. The molecule has 2 aromatic carbocycles. The van der Waals surface area contributed by atoms with Gasteiger partial charge < -0.3 is 11.1 Å². The fourth-order valence-corrected chi connectivity index (χ4v) is 3.39. The smallest absolute Gasteiger partial charge is 0.169 e. The zero-order chi connectivity index (χ0) is 18.4. The summed E-state index contributed by atoms with van der Waals surface area (Å²) >= 11 is 6.46. The van der Waals surface area contributed by atoms with Crippen LogP contribution in [0.5, 0.6) is 0 Å². The van der Waals surface area contributed by atoms with Gasteiger partial charge in [-0.3, -0.25) is 5.10 Å². The number of anilines is 2. The lowest BCUT2D eigenvalue weighted by molar-refractivity contribution is 1.10. The molecule has 0 atom stereocenters.